The van der Waals surface area contributed by atoms with Gasteiger partial charge in [-0.25, -0.2) is 0 Å². The van der Waals surface area contributed by atoms with Gasteiger partial charge in [0.1, 0.15) is 6.04 Å². The van der Waals surface area contributed by atoms with Gasteiger partial charge in [-0.05, 0) is 65.5 Å². The van der Waals surface area contributed by atoms with Crippen molar-refractivity contribution < 1.29 is 19.2 Å². The summed E-state index contributed by atoms with van der Waals surface area (Å²) in [5, 5.41) is 5.48. The molecule has 4 rings (SSSR count). The first-order valence-electron chi connectivity index (χ1n) is 10.3. The molecule has 1 aromatic rings. The number of nitrogens with zero attached hydrogens (tertiary/aromatic N) is 2. The third-order valence-corrected chi connectivity index (χ3v) is 7.02. The molecule has 0 aliphatic carbocycles. The van der Waals surface area contributed by atoms with E-state index in [2.05, 4.69) is 40.1 Å². The molecule has 0 spiro atoms. The Morgan fingerprint density at radius 1 is 1.27 bits per heavy atom. The number of imide groups is 1. The fourth-order valence-electron chi connectivity index (χ4n) is 4.42. The van der Waals surface area contributed by atoms with Crippen LogP contribution in [0.3, 0.4) is 0 Å². The molecule has 3 aliphatic heterocycles. The van der Waals surface area contributed by atoms with Crippen molar-refractivity contribution in [2.24, 2.45) is 5.92 Å². The molecule has 8 nitrogen and oxygen atoms in total. The van der Waals surface area contributed by atoms with Crippen LogP contribution in [-0.2, 0) is 20.9 Å². The van der Waals surface area contributed by atoms with Crippen LogP contribution in [0.15, 0.2) is 12.1 Å². The van der Waals surface area contributed by atoms with Crippen molar-refractivity contribution in [3.8, 4) is 0 Å². The zero-order chi connectivity index (χ0) is 21.4. The number of carbonyl (C=O) groups is 4. The van der Waals surface area contributed by atoms with Gasteiger partial charge < -0.3 is 15.1 Å². The second-order valence-electron chi connectivity index (χ2n) is 8.32. The molecule has 0 aromatic heterocycles. The number of likely N-dealkylation sites (tertiary alicyclic amines) is 1. The lowest BCUT2D eigenvalue weighted by molar-refractivity contribution is -0.137. The van der Waals surface area contributed by atoms with Gasteiger partial charge in [0.15, 0.2) is 0 Å². The van der Waals surface area contributed by atoms with Gasteiger partial charge in [-0.3, -0.25) is 24.5 Å². The molecule has 9 heteroatoms. The summed E-state index contributed by atoms with van der Waals surface area (Å²) < 4.78 is 0.912. The first-order valence-corrected chi connectivity index (χ1v) is 11.4. The summed E-state index contributed by atoms with van der Waals surface area (Å²) in [6.07, 6.45) is 2.77. The van der Waals surface area contributed by atoms with E-state index < -0.39 is 11.9 Å². The molecule has 0 radical (unpaired) electrons. The lowest BCUT2D eigenvalue weighted by Gasteiger charge is -2.31. The maximum Gasteiger partial charge on any atom is 0.255 e. The van der Waals surface area contributed by atoms with E-state index >= 15 is 0 Å². The molecule has 160 valence electrons. The van der Waals surface area contributed by atoms with Crippen LogP contribution in [-0.4, -0.2) is 59.1 Å². The van der Waals surface area contributed by atoms with E-state index in [-0.39, 0.29) is 30.7 Å². The lowest BCUT2D eigenvalue weighted by Crippen LogP contribution is -2.52. The highest BCUT2D eigenvalue weighted by Gasteiger charge is 2.40. The molecule has 2 atom stereocenters. The van der Waals surface area contributed by atoms with Gasteiger partial charge in [0.25, 0.3) is 5.91 Å². The van der Waals surface area contributed by atoms with Gasteiger partial charge in [0, 0.05) is 40.9 Å². The Hall–Kier alpha value is -2.17. The average molecular weight is 524 g/mol. The molecular formula is C21H25IN4O4. The van der Waals surface area contributed by atoms with Crippen molar-refractivity contribution in [2.75, 3.05) is 25.0 Å². The van der Waals surface area contributed by atoms with E-state index in [9.17, 15) is 19.2 Å². The maximum atomic E-state index is 13.0. The summed E-state index contributed by atoms with van der Waals surface area (Å²) >= 11 is 2.19. The third kappa shape index (κ3) is 4.17. The number of nitrogens with one attached hydrogen (secondary N) is 2. The summed E-state index contributed by atoms with van der Waals surface area (Å²) in [5.74, 6) is -0.332. The van der Waals surface area contributed by atoms with E-state index in [0.717, 1.165) is 40.8 Å². The van der Waals surface area contributed by atoms with Crippen LogP contribution < -0.4 is 10.6 Å². The van der Waals surface area contributed by atoms with Crippen LogP contribution in [0, 0.1) is 9.49 Å². The maximum absolute atomic E-state index is 13.0. The van der Waals surface area contributed by atoms with E-state index in [1.165, 1.54) is 0 Å². The number of anilines is 1. The van der Waals surface area contributed by atoms with Gasteiger partial charge in [0.2, 0.25) is 17.7 Å². The van der Waals surface area contributed by atoms with E-state index in [4.69, 9.17) is 0 Å². The number of halogens is 1. The third-order valence-electron chi connectivity index (χ3n) is 6.05. The van der Waals surface area contributed by atoms with E-state index in [0.29, 0.717) is 24.4 Å². The molecule has 3 heterocycles. The number of carbonyl (C=O) groups excluding carboxylic acids is 4. The van der Waals surface area contributed by atoms with Crippen LogP contribution in [0.2, 0.25) is 0 Å². The second kappa shape index (κ2) is 8.52. The second-order valence-corrected chi connectivity index (χ2v) is 9.49. The average Bonchev–Trinajstić information content (AvgIpc) is 3.03. The van der Waals surface area contributed by atoms with Crippen molar-refractivity contribution in [3.63, 3.8) is 0 Å². The summed E-state index contributed by atoms with van der Waals surface area (Å²) in [4.78, 5) is 52.6. The molecule has 1 aromatic carbocycles. The molecule has 0 saturated carbocycles. The highest BCUT2D eigenvalue weighted by atomic mass is 127. The zero-order valence-corrected chi connectivity index (χ0v) is 19.0. The summed E-state index contributed by atoms with van der Waals surface area (Å²) in [7, 11) is 0. The van der Waals surface area contributed by atoms with Gasteiger partial charge in [0.05, 0.1) is 6.54 Å². The number of hydrogen-bond acceptors (Lipinski definition) is 5. The van der Waals surface area contributed by atoms with E-state index in [1.54, 1.807) is 11.0 Å². The normalized spacial score (nSPS) is 24.0. The van der Waals surface area contributed by atoms with Crippen molar-refractivity contribution in [1.29, 1.82) is 0 Å². The molecule has 2 unspecified atom stereocenters. The van der Waals surface area contributed by atoms with Gasteiger partial charge >= 0.3 is 0 Å². The minimum absolute atomic E-state index is 0.0635. The van der Waals surface area contributed by atoms with Crippen molar-refractivity contribution in [2.45, 2.75) is 45.2 Å². The van der Waals surface area contributed by atoms with E-state index in [1.807, 2.05) is 11.0 Å². The Kier molecular flexibility index (Phi) is 5.99. The minimum atomic E-state index is -0.627. The smallest absolute Gasteiger partial charge is 0.255 e. The summed E-state index contributed by atoms with van der Waals surface area (Å²) in [6.45, 7) is 4.29. The zero-order valence-electron chi connectivity index (χ0n) is 16.9. The van der Waals surface area contributed by atoms with Crippen LogP contribution in [0.4, 0.5) is 5.69 Å². The monoisotopic (exact) mass is 524 g/mol. The molecule has 30 heavy (non-hydrogen) atoms. The number of fused-ring (bicyclic) bond motifs is 1. The first kappa shape index (κ1) is 21.1. The Labute approximate surface area is 188 Å². The van der Waals surface area contributed by atoms with Crippen LogP contribution >= 0.6 is 22.6 Å². The van der Waals surface area contributed by atoms with Crippen LogP contribution in [0.5, 0.6) is 0 Å². The predicted octanol–water partition coefficient (Wildman–Crippen LogP) is 1.72. The van der Waals surface area contributed by atoms with Crippen molar-refractivity contribution in [1.82, 2.24) is 15.1 Å². The first-order chi connectivity index (χ1) is 14.3. The topological polar surface area (TPSA) is 98.8 Å². The largest absolute Gasteiger partial charge is 0.376 e. The molecule has 2 saturated heterocycles. The number of rotatable bonds is 4. The van der Waals surface area contributed by atoms with Crippen LogP contribution in [0.1, 0.15) is 48.5 Å². The standard InChI is InChI=1S/C21H25IN4O4/c1-12-3-2-6-25(10-12)19(28)9-23-13-7-14-15(16(22)8-13)11-26(21(14)30)17-4-5-18(27)24-20(17)29/h7-8,12,17,23H,2-6,9-11H2,1H3,(H,24,27,29). The highest BCUT2D eigenvalue weighted by Crippen LogP contribution is 2.33. The Balaban J connectivity index is 1.44. The fourth-order valence-corrected chi connectivity index (χ4v) is 5.22. The van der Waals surface area contributed by atoms with Crippen molar-refractivity contribution in [3.05, 3.63) is 26.8 Å². The SMILES string of the molecule is CC1CCCN(C(=O)CNc2cc(I)c3c(c2)C(=O)N(C2CCC(=O)NC2=O)C3)C1. The number of hydrogen-bond donors (Lipinski definition) is 2. The summed E-state index contributed by atoms with van der Waals surface area (Å²) in [6, 6.07) is 3.06. The molecule has 0 bridgehead atoms. The minimum Gasteiger partial charge on any atom is -0.376 e. The molecule has 3 aliphatic rings. The Bertz CT molecular complexity index is 919. The Morgan fingerprint density at radius 2 is 2.07 bits per heavy atom. The molecule has 2 fully saturated rings. The van der Waals surface area contributed by atoms with Gasteiger partial charge in [-0.2, -0.15) is 0 Å². The summed E-state index contributed by atoms with van der Waals surface area (Å²) in [5.41, 5.74) is 2.15. The quantitative estimate of drug-likeness (QED) is 0.462. The number of amides is 4. The number of benzene rings is 1. The highest BCUT2D eigenvalue weighted by molar-refractivity contribution is 14.1. The van der Waals surface area contributed by atoms with Gasteiger partial charge in [-0.1, -0.05) is 6.92 Å². The molecular weight excluding hydrogens is 499 g/mol. The lowest BCUT2D eigenvalue weighted by atomic mass is 10.0. The number of piperidine rings is 2. The van der Waals surface area contributed by atoms with Crippen LogP contribution in [0.25, 0.3) is 0 Å². The van der Waals surface area contributed by atoms with Gasteiger partial charge in [-0.15, -0.1) is 0 Å². The predicted molar refractivity (Wildman–Crippen MR) is 119 cm³/mol. The molecule has 2 N–H and O–H groups in total. The molecule has 4 amide bonds. The Morgan fingerprint density at radius 3 is 2.80 bits per heavy atom. The van der Waals surface area contributed by atoms with Crippen molar-refractivity contribution >= 4 is 51.9 Å². The fraction of sp³-hybridized carbons (Fsp3) is 0.524.